The summed E-state index contributed by atoms with van der Waals surface area (Å²) in [5.41, 5.74) is 2.19. The number of halogens is 1. The van der Waals surface area contributed by atoms with Gasteiger partial charge in [-0.05, 0) is 24.6 Å². The summed E-state index contributed by atoms with van der Waals surface area (Å²) < 4.78 is 6.28. The topological polar surface area (TPSA) is 12.5 Å². The van der Waals surface area contributed by atoms with Crippen LogP contribution >= 0.6 is 12.4 Å². The lowest BCUT2D eigenvalue weighted by Gasteiger charge is -2.41. The van der Waals surface area contributed by atoms with Crippen LogP contribution in [0.4, 0.5) is 0 Å². The Labute approximate surface area is 126 Å². The van der Waals surface area contributed by atoms with Crippen molar-refractivity contribution < 1.29 is 4.74 Å². The van der Waals surface area contributed by atoms with Crippen LogP contribution in [0.2, 0.25) is 0 Å². The van der Waals surface area contributed by atoms with Crippen molar-refractivity contribution >= 4 is 12.4 Å². The Kier molecular flexibility index (Phi) is 4.81. The van der Waals surface area contributed by atoms with E-state index in [0.717, 1.165) is 13.0 Å². The van der Waals surface area contributed by atoms with Gasteiger partial charge in [0.1, 0.15) is 12.3 Å². The molecule has 1 aliphatic rings. The van der Waals surface area contributed by atoms with Crippen molar-refractivity contribution in [3.05, 3.63) is 71.8 Å². The Hall–Kier alpha value is -1.35. The average Bonchev–Trinajstić information content (AvgIpc) is 2.50. The maximum absolute atomic E-state index is 6.28. The molecule has 0 amide bonds. The predicted octanol–water partition coefficient (Wildman–Crippen LogP) is 3.66. The Bertz CT molecular complexity index is 480. The van der Waals surface area contributed by atoms with Crippen LogP contribution in [0.5, 0.6) is 0 Å². The first kappa shape index (κ1) is 15.0. The molecule has 0 bridgehead atoms. The summed E-state index contributed by atoms with van der Waals surface area (Å²) in [6.07, 6.45) is 0.984. The lowest BCUT2D eigenvalue weighted by atomic mass is 9.82. The third-order valence-electron chi connectivity index (χ3n) is 3.86. The highest BCUT2D eigenvalue weighted by molar-refractivity contribution is 5.85. The second-order valence-corrected chi connectivity index (χ2v) is 5.16. The standard InChI is InChI=1S/C17H19NO.ClH/c1-18-13-12-17(19-14-18,15-8-4-2-5-9-15)16-10-6-3-7-11-16;/h2-11H,12-14H2,1H3;1H. The lowest BCUT2D eigenvalue weighted by Crippen LogP contribution is -2.43. The fourth-order valence-electron chi connectivity index (χ4n) is 2.74. The monoisotopic (exact) mass is 289 g/mol. The maximum atomic E-state index is 6.28. The van der Waals surface area contributed by atoms with Gasteiger partial charge in [0.2, 0.25) is 0 Å². The van der Waals surface area contributed by atoms with Crippen LogP contribution < -0.4 is 0 Å². The highest BCUT2D eigenvalue weighted by atomic mass is 35.5. The summed E-state index contributed by atoms with van der Waals surface area (Å²) >= 11 is 0. The highest BCUT2D eigenvalue weighted by Crippen LogP contribution is 2.39. The molecule has 1 saturated heterocycles. The minimum Gasteiger partial charge on any atom is -0.350 e. The number of nitrogens with zero attached hydrogens (tertiary/aromatic N) is 1. The van der Waals surface area contributed by atoms with E-state index in [0.29, 0.717) is 6.73 Å². The molecule has 1 fully saturated rings. The van der Waals surface area contributed by atoms with Gasteiger partial charge < -0.3 is 4.74 Å². The van der Waals surface area contributed by atoms with Gasteiger partial charge in [-0.15, -0.1) is 12.4 Å². The maximum Gasteiger partial charge on any atom is 0.121 e. The molecule has 106 valence electrons. The van der Waals surface area contributed by atoms with Gasteiger partial charge in [0.15, 0.2) is 0 Å². The van der Waals surface area contributed by atoms with E-state index < -0.39 is 0 Å². The van der Waals surface area contributed by atoms with Crippen LogP contribution in [0.25, 0.3) is 0 Å². The predicted molar refractivity (Wildman–Crippen MR) is 84.1 cm³/mol. The molecule has 0 N–H and O–H groups in total. The van der Waals surface area contributed by atoms with Gasteiger partial charge in [-0.2, -0.15) is 0 Å². The van der Waals surface area contributed by atoms with E-state index >= 15 is 0 Å². The third-order valence-corrected chi connectivity index (χ3v) is 3.86. The Morgan fingerprint density at radius 3 is 1.80 bits per heavy atom. The molecule has 2 nitrogen and oxygen atoms in total. The number of ether oxygens (including phenoxy) is 1. The molecule has 1 aliphatic heterocycles. The van der Waals surface area contributed by atoms with Gasteiger partial charge in [0.05, 0.1) is 0 Å². The molecule has 0 unspecified atom stereocenters. The average molecular weight is 290 g/mol. The number of hydrogen-bond donors (Lipinski definition) is 0. The second kappa shape index (κ2) is 6.40. The molecule has 0 saturated carbocycles. The SMILES string of the molecule is CN1CCC(c2ccccc2)(c2ccccc2)OC1.Cl. The summed E-state index contributed by atoms with van der Waals surface area (Å²) in [5, 5.41) is 0. The third kappa shape index (κ3) is 2.73. The summed E-state index contributed by atoms with van der Waals surface area (Å²) in [7, 11) is 2.10. The zero-order valence-corrected chi connectivity index (χ0v) is 12.5. The van der Waals surface area contributed by atoms with Gasteiger partial charge in [-0.25, -0.2) is 0 Å². The molecular formula is C17H20ClNO. The Morgan fingerprint density at radius 1 is 0.900 bits per heavy atom. The zero-order valence-electron chi connectivity index (χ0n) is 11.7. The quantitative estimate of drug-likeness (QED) is 0.836. The van der Waals surface area contributed by atoms with Crippen molar-refractivity contribution in [3.63, 3.8) is 0 Å². The molecule has 0 atom stereocenters. The van der Waals surface area contributed by atoms with E-state index in [9.17, 15) is 0 Å². The van der Waals surface area contributed by atoms with Gasteiger partial charge in [-0.1, -0.05) is 60.7 Å². The molecule has 3 rings (SSSR count). The lowest BCUT2D eigenvalue weighted by molar-refractivity contribution is -0.112. The van der Waals surface area contributed by atoms with Crippen LogP contribution in [0.1, 0.15) is 17.5 Å². The van der Waals surface area contributed by atoms with E-state index in [2.05, 4.69) is 72.6 Å². The number of hydrogen-bond acceptors (Lipinski definition) is 2. The van der Waals surface area contributed by atoms with Crippen LogP contribution in [-0.4, -0.2) is 25.2 Å². The van der Waals surface area contributed by atoms with E-state index in [4.69, 9.17) is 4.74 Å². The normalized spacial score (nSPS) is 18.2. The van der Waals surface area contributed by atoms with Crippen LogP contribution in [0.15, 0.2) is 60.7 Å². The van der Waals surface area contributed by atoms with Crippen molar-refractivity contribution in [1.82, 2.24) is 4.90 Å². The first-order valence-electron chi connectivity index (χ1n) is 6.75. The van der Waals surface area contributed by atoms with Gasteiger partial charge >= 0.3 is 0 Å². The minimum atomic E-state index is -0.297. The van der Waals surface area contributed by atoms with Gasteiger partial charge in [0, 0.05) is 6.54 Å². The molecular weight excluding hydrogens is 270 g/mol. The molecule has 0 radical (unpaired) electrons. The fourth-order valence-corrected chi connectivity index (χ4v) is 2.74. The summed E-state index contributed by atoms with van der Waals surface area (Å²) in [6, 6.07) is 21.1. The Balaban J connectivity index is 0.00000147. The first-order chi connectivity index (χ1) is 9.31. The molecule has 0 spiro atoms. The van der Waals surface area contributed by atoms with Gasteiger partial charge in [-0.3, -0.25) is 4.90 Å². The van der Waals surface area contributed by atoms with Crippen LogP contribution in [0, 0.1) is 0 Å². The number of rotatable bonds is 2. The van der Waals surface area contributed by atoms with E-state index in [1.807, 2.05) is 0 Å². The van der Waals surface area contributed by atoms with Crippen LogP contribution in [-0.2, 0) is 10.3 Å². The molecule has 2 aromatic rings. The van der Waals surface area contributed by atoms with Crippen molar-refractivity contribution in [1.29, 1.82) is 0 Å². The van der Waals surface area contributed by atoms with Crippen molar-refractivity contribution in [2.45, 2.75) is 12.0 Å². The fraction of sp³-hybridized carbons (Fsp3) is 0.294. The van der Waals surface area contributed by atoms with Gasteiger partial charge in [0.25, 0.3) is 0 Å². The summed E-state index contributed by atoms with van der Waals surface area (Å²) in [4.78, 5) is 2.21. The number of benzene rings is 2. The minimum absolute atomic E-state index is 0. The summed E-state index contributed by atoms with van der Waals surface area (Å²) in [5.74, 6) is 0. The van der Waals surface area contributed by atoms with E-state index in [1.54, 1.807) is 0 Å². The van der Waals surface area contributed by atoms with E-state index in [-0.39, 0.29) is 18.0 Å². The molecule has 0 aliphatic carbocycles. The summed E-state index contributed by atoms with van der Waals surface area (Å²) in [6.45, 7) is 1.72. The van der Waals surface area contributed by atoms with Crippen molar-refractivity contribution in [2.24, 2.45) is 0 Å². The Morgan fingerprint density at radius 2 is 1.40 bits per heavy atom. The molecule has 2 aromatic carbocycles. The smallest absolute Gasteiger partial charge is 0.121 e. The molecule has 20 heavy (non-hydrogen) atoms. The van der Waals surface area contributed by atoms with Crippen LogP contribution in [0.3, 0.4) is 0 Å². The largest absolute Gasteiger partial charge is 0.350 e. The molecule has 3 heteroatoms. The van der Waals surface area contributed by atoms with E-state index in [1.165, 1.54) is 11.1 Å². The highest BCUT2D eigenvalue weighted by Gasteiger charge is 2.38. The van der Waals surface area contributed by atoms with Crippen molar-refractivity contribution in [3.8, 4) is 0 Å². The zero-order chi connectivity index (χ0) is 13.1. The molecule has 1 heterocycles. The first-order valence-corrected chi connectivity index (χ1v) is 6.75. The molecule has 0 aromatic heterocycles. The second-order valence-electron chi connectivity index (χ2n) is 5.16. The van der Waals surface area contributed by atoms with Crippen molar-refractivity contribution in [2.75, 3.05) is 20.3 Å².